The van der Waals surface area contributed by atoms with Gasteiger partial charge in [-0.2, -0.15) is 0 Å². The Labute approximate surface area is 213 Å². The smallest absolute Gasteiger partial charge is 0.245 e. The highest BCUT2D eigenvalue weighted by molar-refractivity contribution is 5.93. The van der Waals surface area contributed by atoms with Crippen LogP contribution in [-0.4, -0.2) is 53.3 Å². The fraction of sp³-hybridized carbons (Fsp3) is 0.231. The lowest BCUT2D eigenvalue weighted by molar-refractivity contribution is -0.127. The molecular weight excluding hydrogens is 479 g/mol. The van der Waals surface area contributed by atoms with Crippen LogP contribution in [0.25, 0.3) is 10.9 Å². The summed E-state index contributed by atoms with van der Waals surface area (Å²) in [6.45, 7) is 4.68. The standard InChI is InChI=1S/C26H27FN6O4/c1-3-25(34)33-10-7-16(8-11-33)36-23-13-18-21(14-22(23)35-2)30-15-31-26(18)32-20-5-4-17(12-19(20)27)37-24(29)6-9-28/h3-6,9,12-16,28H,1,7-8,10-11,29H2,2H3,(H,30,31,32). The van der Waals surface area contributed by atoms with Gasteiger partial charge in [-0.25, -0.2) is 14.4 Å². The molecule has 4 rings (SSSR count). The Morgan fingerprint density at radius 3 is 2.70 bits per heavy atom. The van der Waals surface area contributed by atoms with Gasteiger partial charge in [-0.15, -0.1) is 0 Å². The molecule has 1 fully saturated rings. The molecule has 37 heavy (non-hydrogen) atoms. The zero-order valence-corrected chi connectivity index (χ0v) is 20.2. The van der Waals surface area contributed by atoms with Crippen molar-refractivity contribution in [2.45, 2.75) is 18.9 Å². The summed E-state index contributed by atoms with van der Waals surface area (Å²) in [5.74, 6) is 0.859. The van der Waals surface area contributed by atoms with Crippen molar-refractivity contribution in [3.63, 3.8) is 0 Å². The van der Waals surface area contributed by atoms with Crippen LogP contribution >= 0.6 is 0 Å². The number of aromatic nitrogens is 2. The molecule has 1 aliphatic heterocycles. The SMILES string of the molecule is C=CC(=O)N1CCC(Oc2cc3c(Nc4ccc(OC(N)=CC=N)cc4F)ncnc3cc2OC)CC1. The number of fused-ring (bicyclic) bond motifs is 1. The molecule has 1 saturated heterocycles. The van der Waals surface area contributed by atoms with Gasteiger partial charge in [0.2, 0.25) is 5.91 Å². The van der Waals surface area contributed by atoms with Gasteiger partial charge in [0.05, 0.1) is 18.3 Å². The van der Waals surface area contributed by atoms with Gasteiger partial charge in [0, 0.05) is 55.7 Å². The zero-order valence-electron chi connectivity index (χ0n) is 20.2. The number of hydrogen-bond donors (Lipinski definition) is 3. The van der Waals surface area contributed by atoms with Gasteiger partial charge in [-0.05, 0) is 24.3 Å². The molecule has 192 valence electrons. The highest BCUT2D eigenvalue weighted by atomic mass is 19.1. The summed E-state index contributed by atoms with van der Waals surface area (Å²) >= 11 is 0. The van der Waals surface area contributed by atoms with Crippen LogP contribution in [0.3, 0.4) is 0 Å². The van der Waals surface area contributed by atoms with Crippen molar-refractivity contribution in [1.82, 2.24) is 14.9 Å². The van der Waals surface area contributed by atoms with Gasteiger partial charge in [0.1, 0.15) is 29.8 Å². The molecule has 0 aliphatic carbocycles. The predicted octanol–water partition coefficient (Wildman–Crippen LogP) is 3.91. The lowest BCUT2D eigenvalue weighted by atomic mass is 10.1. The Bertz CT molecular complexity index is 1350. The number of hydrogen-bond acceptors (Lipinski definition) is 9. The molecule has 3 aromatic rings. The number of allylic oxidation sites excluding steroid dienone is 1. The topological polar surface area (TPSA) is 136 Å². The number of methoxy groups -OCH3 is 1. The number of rotatable bonds is 9. The van der Waals surface area contributed by atoms with Crippen LogP contribution in [0, 0.1) is 11.2 Å². The average molecular weight is 507 g/mol. The average Bonchev–Trinajstić information content (AvgIpc) is 2.90. The quantitative estimate of drug-likeness (QED) is 0.226. The Morgan fingerprint density at radius 1 is 1.24 bits per heavy atom. The van der Waals surface area contributed by atoms with E-state index in [1.54, 1.807) is 30.2 Å². The normalized spacial score (nSPS) is 14.2. The van der Waals surface area contributed by atoms with E-state index in [1.165, 1.54) is 30.6 Å². The number of likely N-dealkylation sites (tertiary alicyclic amines) is 1. The molecule has 0 radical (unpaired) electrons. The summed E-state index contributed by atoms with van der Waals surface area (Å²) in [4.78, 5) is 22.2. The van der Waals surface area contributed by atoms with Crippen LogP contribution in [0.2, 0.25) is 0 Å². The molecule has 2 heterocycles. The minimum Gasteiger partial charge on any atom is -0.493 e. The first-order valence-electron chi connectivity index (χ1n) is 11.5. The predicted molar refractivity (Wildman–Crippen MR) is 138 cm³/mol. The molecule has 1 aliphatic rings. The molecule has 4 N–H and O–H groups in total. The first-order valence-corrected chi connectivity index (χ1v) is 11.5. The summed E-state index contributed by atoms with van der Waals surface area (Å²) in [6, 6.07) is 7.71. The maximum Gasteiger partial charge on any atom is 0.245 e. The van der Waals surface area contributed by atoms with E-state index in [0.29, 0.717) is 54.2 Å². The third-order valence-corrected chi connectivity index (χ3v) is 5.82. The number of carbonyl (C=O) groups excluding carboxylic acids is 1. The Morgan fingerprint density at radius 2 is 2.03 bits per heavy atom. The number of nitrogens with zero attached hydrogens (tertiary/aromatic N) is 3. The molecule has 0 atom stereocenters. The molecule has 11 heteroatoms. The summed E-state index contributed by atoms with van der Waals surface area (Å²) < 4.78 is 31.9. The van der Waals surface area contributed by atoms with Crippen LogP contribution in [0.4, 0.5) is 15.9 Å². The first kappa shape index (κ1) is 25.4. The molecule has 0 spiro atoms. The number of amides is 1. The van der Waals surface area contributed by atoms with E-state index in [0.717, 1.165) is 6.21 Å². The van der Waals surface area contributed by atoms with E-state index in [4.69, 9.17) is 25.4 Å². The summed E-state index contributed by atoms with van der Waals surface area (Å²) in [6.07, 6.45) is 6.12. The third kappa shape index (κ3) is 5.95. The molecule has 0 unspecified atom stereocenters. The summed E-state index contributed by atoms with van der Waals surface area (Å²) in [7, 11) is 1.54. The van der Waals surface area contributed by atoms with Crippen molar-refractivity contribution in [2.75, 3.05) is 25.5 Å². The van der Waals surface area contributed by atoms with Gasteiger partial charge >= 0.3 is 0 Å². The van der Waals surface area contributed by atoms with Crippen molar-refractivity contribution >= 4 is 34.5 Å². The number of anilines is 2. The van der Waals surface area contributed by atoms with Crippen LogP contribution < -0.4 is 25.3 Å². The monoisotopic (exact) mass is 506 g/mol. The van der Waals surface area contributed by atoms with Crippen LogP contribution in [0.5, 0.6) is 17.2 Å². The minimum absolute atomic E-state index is 0.0311. The second kappa shape index (κ2) is 11.4. The summed E-state index contributed by atoms with van der Waals surface area (Å²) in [5.41, 5.74) is 6.36. The van der Waals surface area contributed by atoms with E-state index in [1.807, 2.05) is 0 Å². The lowest BCUT2D eigenvalue weighted by Gasteiger charge is -2.31. The van der Waals surface area contributed by atoms with Crippen molar-refractivity contribution < 1.29 is 23.4 Å². The second-order valence-electron chi connectivity index (χ2n) is 8.19. The number of nitrogens with two attached hydrogens (primary N) is 1. The van der Waals surface area contributed by atoms with Gasteiger partial charge < -0.3 is 35.6 Å². The molecule has 1 aromatic heterocycles. The van der Waals surface area contributed by atoms with Crippen molar-refractivity contribution in [1.29, 1.82) is 5.41 Å². The van der Waals surface area contributed by atoms with Gasteiger partial charge in [-0.3, -0.25) is 4.79 Å². The first-order chi connectivity index (χ1) is 17.9. The lowest BCUT2D eigenvalue weighted by Crippen LogP contribution is -2.41. The molecular formula is C26H27FN6O4. The van der Waals surface area contributed by atoms with E-state index in [9.17, 15) is 9.18 Å². The zero-order chi connectivity index (χ0) is 26.4. The Kier molecular flexibility index (Phi) is 7.82. The second-order valence-corrected chi connectivity index (χ2v) is 8.19. The number of benzene rings is 2. The van der Waals surface area contributed by atoms with E-state index < -0.39 is 5.82 Å². The van der Waals surface area contributed by atoms with E-state index in [2.05, 4.69) is 21.9 Å². The maximum atomic E-state index is 14.8. The van der Waals surface area contributed by atoms with E-state index in [-0.39, 0.29) is 29.3 Å². The Balaban J connectivity index is 1.57. The van der Waals surface area contributed by atoms with Gasteiger partial charge in [-0.1, -0.05) is 6.58 Å². The molecule has 2 aromatic carbocycles. The number of carbonyl (C=O) groups is 1. The fourth-order valence-electron chi connectivity index (χ4n) is 3.96. The number of nitrogens with one attached hydrogen (secondary N) is 2. The largest absolute Gasteiger partial charge is 0.493 e. The molecule has 1 amide bonds. The maximum absolute atomic E-state index is 14.8. The van der Waals surface area contributed by atoms with Crippen LogP contribution in [0.15, 0.2) is 61.3 Å². The Hall–Kier alpha value is -4.67. The third-order valence-electron chi connectivity index (χ3n) is 5.82. The highest BCUT2D eigenvalue weighted by Gasteiger charge is 2.24. The van der Waals surface area contributed by atoms with E-state index >= 15 is 0 Å². The number of halogens is 1. The van der Waals surface area contributed by atoms with Crippen molar-refractivity contribution in [3.8, 4) is 17.2 Å². The molecule has 0 saturated carbocycles. The minimum atomic E-state index is -0.585. The summed E-state index contributed by atoms with van der Waals surface area (Å²) in [5, 5.41) is 10.6. The molecule has 0 bridgehead atoms. The van der Waals surface area contributed by atoms with Crippen molar-refractivity contribution in [2.24, 2.45) is 5.73 Å². The number of piperidine rings is 1. The number of ether oxygens (including phenoxy) is 3. The van der Waals surface area contributed by atoms with Crippen molar-refractivity contribution in [3.05, 3.63) is 67.1 Å². The highest BCUT2D eigenvalue weighted by Crippen LogP contribution is 2.36. The van der Waals surface area contributed by atoms with Gasteiger partial charge in [0.15, 0.2) is 17.4 Å². The van der Waals surface area contributed by atoms with Crippen LogP contribution in [-0.2, 0) is 4.79 Å². The van der Waals surface area contributed by atoms with Gasteiger partial charge in [0.25, 0.3) is 0 Å². The fourth-order valence-corrected chi connectivity index (χ4v) is 3.96. The molecule has 10 nitrogen and oxygen atoms in total. The van der Waals surface area contributed by atoms with Crippen LogP contribution in [0.1, 0.15) is 12.8 Å².